The van der Waals surface area contributed by atoms with Crippen LogP contribution in [0.3, 0.4) is 0 Å². The van der Waals surface area contributed by atoms with Gasteiger partial charge in [0.1, 0.15) is 16.7 Å². The maximum atomic E-state index is 9.89. The molecule has 0 fully saturated rings. The van der Waals surface area contributed by atoms with E-state index in [4.69, 9.17) is 33.5 Å². The van der Waals surface area contributed by atoms with Crippen LogP contribution in [0, 0.1) is 0 Å². The third-order valence-corrected chi connectivity index (χ3v) is 7.69. The van der Waals surface area contributed by atoms with E-state index < -0.39 is 282 Å². The normalized spacial score (nSPS) is 20.0. The summed E-state index contributed by atoms with van der Waals surface area (Å²) < 4.78 is 291. The molecule has 0 aliphatic rings. The molecule has 3 nitrogen and oxygen atoms in total. The van der Waals surface area contributed by atoms with Crippen LogP contribution < -0.4 is 4.90 Å². The van der Waals surface area contributed by atoms with Gasteiger partial charge in [0, 0.05) is 38.5 Å². The lowest BCUT2D eigenvalue weighted by molar-refractivity contribution is 0.663. The quantitative estimate of drug-likeness (QED) is 0.175. The third-order valence-electron chi connectivity index (χ3n) is 7.69. The number of nitrogens with zero attached hydrogens (tertiary/aromatic N) is 1. The molecule has 0 saturated heterocycles. The summed E-state index contributed by atoms with van der Waals surface area (Å²) in [6.07, 6.45) is 0. The van der Waals surface area contributed by atoms with Crippen molar-refractivity contribution in [3.63, 3.8) is 0 Å². The first-order valence-corrected chi connectivity index (χ1v) is 14.7. The second-order valence-corrected chi connectivity index (χ2v) is 10.5. The molecule has 2 heterocycles. The molecule has 2 aromatic heterocycles. The van der Waals surface area contributed by atoms with Crippen molar-refractivity contribution >= 4 is 60.9 Å². The molecule has 0 spiro atoms. The van der Waals surface area contributed by atoms with E-state index in [-0.39, 0.29) is 0 Å². The average molecular weight is 685 g/mol. The van der Waals surface area contributed by atoms with Gasteiger partial charge in [-0.05, 0) is 76.2 Å². The predicted molar refractivity (Wildman–Crippen MR) is 212 cm³/mol. The molecule has 240 valence electrons. The summed E-state index contributed by atoms with van der Waals surface area (Å²) in [6, 6.07) is -32.8. The van der Waals surface area contributed by atoms with Crippen LogP contribution in [0.5, 0.6) is 0 Å². The Hall–Kier alpha value is -6.84. The Labute approximate surface area is 338 Å². The van der Waals surface area contributed by atoms with Gasteiger partial charge in [-0.3, -0.25) is 0 Å². The highest BCUT2D eigenvalue weighted by Crippen LogP contribution is 2.49. The van der Waals surface area contributed by atoms with Crippen molar-refractivity contribution in [2.75, 3.05) is 4.90 Å². The molecule has 0 bridgehead atoms. The molecule has 10 aromatic rings. The second kappa shape index (κ2) is 11.9. The highest BCUT2D eigenvalue weighted by Gasteiger charge is 2.25. The van der Waals surface area contributed by atoms with E-state index in [0.29, 0.717) is 4.90 Å². The Kier molecular flexibility index (Phi) is 2.72. The molecule has 0 amide bonds. The van der Waals surface area contributed by atoms with E-state index in [1.54, 1.807) is 0 Å². The van der Waals surface area contributed by atoms with Gasteiger partial charge < -0.3 is 13.7 Å². The van der Waals surface area contributed by atoms with Gasteiger partial charge in [-0.2, -0.15) is 0 Å². The van der Waals surface area contributed by atoms with E-state index in [1.165, 1.54) is 0 Å². The van der Waals surface area contributed by atoms with Gasteiger partial charge in [0.2, 0.25) is 0 Å². The molecule has 10 rings (SSSR count). The summed E-state index contributed by atoms with van der Waals surface area (Å²) in [4.78, 5) is 0.360. The van der Waals surface area contributed by atoms with Crippen LogP contribution in [0.4, 0.5) is 17.1 Å². The molecule has 0 radical (unpaired) electrons. The van der Waals surface area contributed by atoms with Gasteiger partial charge in [0.25, 0.3) is 0 Å². The Morgan fingerprint density at radius 2 is 0.824 bits per heavy atom. The van der Waals surface area contributed by atoms with Crippen molar-refractivity contribution < 1.29 is 51.3 Å². The fourth-order valence-electron chi connectivity index (χ4n) is 5.54. The van der Waals surface area contributed by atoms with Gasteiger partial charge in [0.05, 0.1) is 48.2 Å². The summed E-state index contributed by atoms with van der Waals surface area (Å²) in [5.41, 5.74) is -12.2. The van der Waals surface area contributed by atoms with Crippen molar-refractivity contribution in [3.05, 3.63) is 187 Å². The zero-order valence-electron chi connectivity index (χ0n) is 56.3. The van der Waals surface area contributed by atoms with E-state index >= 15 is 0 Å². The van der Waals surface area contributed by atoms with Gasteiger partial charge >= 0.3 is 0 Å². The van der Waals surface area contributed by atoms with E-state index in [9.17, 15) is 17.8 Å². The fourth-order valence-corrected chi connectivity index (χ4v) is 5.54. The monoisotopic (exact) mass is 684 g/mol. The molecule has 3 heteroatoms. The molecule has 0 aliphatic heterocycles. The number of anilines is 3. The molecule has 0 N–H and O–H groups in total. The Balaban J connectivity index is 1.53. The molecule has 0 unspecified atom stereocenters. The number of para-hydroxylation sites is 1. The minimum Gasteiger partial charge on any atom is -0.456 e. The average Bonchev–Trinajstić information content (AvgIpc) is 4.26. The summed E-state index contributed by atoms with van der Waals surface area (Å²) in [6.45, 7) is 0. The van der Waals surface area contributed by atoms with Crippen LogP contribution in [0.15, 0.2) is 196 Å². The zero-order valence-corrected chi connectivity index (χ0v) is 25.3. The zero-order chi connectivity index (χ0) is 60.7. The first-order chi connectivity index (χ1) is 38.2. The number of rotatable bonds is 6. The third kappa shape index (κ3) is 4.90. The largest absolute Gasteiger partial charge is 0.456 e. The van der Waals surface area contributed by atoms with Crippen molar-refractivity contribution in [1.82, 2.24) is 0 Å². The van der Waals surface area contributed by atoms with E-state index in [1.807, 2.05) is 0 Å². The van der Waals surface area contributed by atoms with Crippen LogP contribution in [0.25, 0.3) is 77.3 Å². The molecular weight excluding hydrogens is 623 g/mol. The highest BCUT2D eigenvalue weighted by atomic mass is 16.3. The molecule has 0 saturated carbocycles. The molecule has 0 aliphatic carbocycles. The van der Waals surface area contributed by atoms with Crippen molar-refractivity contribution in [2.24, 2.45) is 0 Å². The van der Waals surface area contributed by atoms with Crippen LogP contribution in [0.1, 0.15) is 42.5 Å². The van der Waals surface area contributed by atoms with Gasteiger partial charge in [-0.1, -0.05) is 139 Å². The van der Waals surface area contributed by atoms with Crippen LogP contribution in [-0.2, 0) is 0 Å². The molecule has 0 atom stereocenters. The Bertz CT molecular complexity index is 4380. The standard InChI is InChI=1S/C48H31NO2/c1-4-12-32(13-5-1)34-20-24-37(25-21-34)49(38-26-22-35(23-27-38)33-14-6-2-7-15-33)47-39(36-16-8-3-9-17-36)28-29-41-46-44(51-48(41)47)31-30-43-45(46)40-18-10-11-19-42(40)50-43/h1-31H/i1D,2D,3D,4D,5D,6D,7D,8D,9D,10D,11D,12D,13D,14D,15D,16D,17D,18D,19D,20D,21D,22D,23D,24D,25D,26D,27D,28D,29D,30D,31D. The van der Waals surface area contributed by atoms with E-state index in [2.05, 4.69) is 0 Å². The van der Waals surface area contributed by atoms with Gasteiger partial charge in [0.15, 0.2) is 5.58 Å². The predicted octanol–water partition coefficient (Wildman–Crippen LogP) is 14.0. The SMILES string of the molecule is [2H]c1c([2H])c([2H])c(-c2c([2H])c([2H])c(N(c3c([2H])c([2H])c(-c4c([2H])c([2H])c([2H])c([2H])c4[2H])c([2H])c3[2H])c3c(-c4c([2H])c([2H])c([2H])c([2H])c4[2H])c([2H])c([2H])c4c3oc3c([2H])c([2H])c5oc6c([2H])c([2H])c([2H])c([2H])c6c5c34)c([2H])c2[2H])c([2H])c1[2H]. The molecular formula is C48H31NO2. The molecule has 51 heavy (non-hydrogen) atoms. The number of hydrogen-bond donors (Lipinski definition) is 0. The van der Waals surface area contributed by atoms with Crippen molar-refractivity contribution in [1.29, 1.82) is 0 Å². The summed E-state index contributed by atoms with van der Waals surface area (Å²) >= 11 is 0. The van der Waals surface area contributed by atoms with Crippen LogP contribution in [0.2, 0.25) is 0 Å². The molecule has 8 aromatic carbocycles. The smallest absolute Gasteiger partial charge is 0.160 e. The first-order valence-electron chi connectivity index (χ1n) is 30.2. The lowest BCUT2D eigenvalue weighted by Gasteiger charge is -2.28. The minimum atomic E-state index is -1.33. The second-order valence-electron chi connectivity index (χ2n) is 10.5. The van der Waals surface area contributed by atoms with Gasteiger partial charge in [-0.15, -0.1) is 0 Å². The van der Waals surface area contributed by atoms with Crippen LogP contribution in [-0.4, -0.2) is 0 Å². The number of fused-ring (bicyclic) bond motifs is 7. The maximum absolute atomic E-state index is 9.89. The van der Waals surface area contributed by atoms with E-state index in [0.717, 1.165) is 0 Å². The first kappa shape index (κ1) is 11.6. The summed E-state index contributed by atoms with van der Waals surface area (Å²) in [7, 11) is 0. The fraction of sp³-hybridized carbons (Fsp3) is 0. The van der Waals surface area contributed by atoms with Crippen molar-refractivity contribution in [2.45, 2.75) is 0 Å². The topological polar surface area (TPSA) is 29.5 Å². The highest BCUT2D eigenvalue weighted by molar-refractivity contribution is 6.27. The summed E-state index contributed by atoms with van der Waals surface area (Å²) in [5, 5.41) is -2.17. The van der Waals surface area contributed by atoms with Crippen molar-refractivity contribution in [3.8, 4) is 33.4 Å². The lowest BCUT2D eigenvalue weighted by atomic mass is 9.97. The number of benzene rings is 8. The Morgan fingerprint density at radius 3 is 1.41 bits per heavy atom. The summed E-state index contributed by atoms with van der Waals surface area (Å²) in [5.74, 6) is 0. The van der Waals surface area contributed by atoms with Gasteiger partial charge in [-0.25, -0.2) is 0 Å². The Morgan fingerprint density at radius 1 is 0.353 bits per heavy atom. The van der Waals surface area contributed by atoms with Crippen LogP contribution >= 0.6 is 0 Å². The maximum Gasteiger partial charge on any atom is 0.160 e. The number of hydrogen-bond acceptors (Lipinski definition) is 3. The number of furan rings is 2. The minimum absolute atomic E-state index is 0.360. The lowest BCUT2D eigenvalue weighted by Crippen LogP contribution is -2.11.